The van der Waals surface area contributed by atoms with E-state index in [4.69, 9.17) is 10.00 Å². The molecule has 0 bridgehead atoms. The fourth-order valence-electron chi connectivity index (χ4n) is 5.02. The molecule has 1 aromatic heterocycles. The van der Waals surface area contributed by atoms with E-state index in [0.29, 0.717) is 45.7 Å². The molecular weight excluding hydrogens is 395 g/mol. The fraction of sp³-hybridized carbons (Fsp3) is 0.333. The lowest BCUT2D eigenvalue weighted by Gasteiger charge is -2.20. The Kier molecular flexibility index (Phi) is 4.78. The highest BCUT2D eigenvalue weighted by Crippen LogP contribution is 2.59. The van der Waals surface area contributed by atoms with Crippen LogP contribution in [0.25, 0.3) is 10.9 Å². The lowest BCUT2D eigenvalue weighted by molar-refractivity contribution is 0.0930. The standard InChI is InChI=1S/C24H21FN4O2/c1-13(29-23(30)15-4-2-14(11-26)3-5-15)22-19-9-17(10-20(19)22)31-24-18-7-6-16(25)8-21(18)27-12-28-24/h2-8,12-13,17,19-20,22H,9-10H2,1H3,(H,29,30). The van der Waals surface area contributed by atoms with E-state index in [1.54, 1.807) is 30.3 Å². The molecule has 3 atom stereocenters. The van der Waals surface area contributed by atoms with Crippen molar-refractivity contribution < 1.29 is 13.9 Å². The number of nitrogens with zero attached hydrogens (tertiary/aromatic N) is 3. The zero-order chi connectivity index (χ0) is 21.5. The minimum Gasteiger partial charge on any atom is -0.474 e. The molecule has 1 N–H and O–H groups in total. The van der Waals surface area contributed by atoms with Crippen LogP contribution in [0.4, 0.5) is 4.39 Å². The van der Waals surface area contributed by atoms with Crippen LogP contribution in [0.15, 0.2) is 48.8 Å². The van der Waals surface area contributed by atoms with E-state index >= 15 is 0 Å². The van der Waals surface area contributed by atoms with Crippen LogP contribution in [0.1, 0.15) is 35.7 Å². The number of carbonyl (C=O) groups is 1. The number of ether oxygens (including phenoxy) is 1. The first-order valence-corrected chi connectivity index (χ1v) is 10.4. The molecule has 0 saturated heterocycles. The zero-order valence-electron chi connectivity index (χ0n) is 17.0. The van der Waals surface area contributed by atoms with Gasteiger partial charge in [0.05, 0.1) is 22.5 Å². The van der Waals surface area contributed by atoms with Crippen molar-refractivity contribution in [2.24, 2.45) is 17.8 Å². The van der Waals surface area contributed by atoms with Crippen molar-refractivity contribution in [1.29, 1.82) is 5.26 Å². The SMILES string of the molecule is CC(NC(=O)c1ccc(C#N)cc1)C1C2CC(Oc3ncnc4cc(F)ccc34)CC21. The van der Waals surface area contributed by atoms with Gasteiger partial charge in [-0.1, -0.05) is 0 Å². The molecule has 3 aromatic rings. The molecule has 2 fully saturated rings. The molecule has 2 saturated carbocycles. The van der Waals surface area contributed by atoms with Crippen molar-refractivity contribution in [2.75, 3.05) is 0 Å². The molecule has 1 amide bonds. The summed E-state index contributed by atoms with van der Waals surface area (Å²) in [5.74, 6) is 1.53. The molecule has 1 heterocycles. The molecule has 3 unspecified atom stereocenters. The number of fused-ring (bicyclic) bond motifs is 2. The molecule has 0 spiro atoms. The summed E-state index contributed by atoms with van der Waals surface area (Å²) in [6.45, 7) is 2.05. The second-order valence-corrected chi connectivity index (χ2v) is 8.41. The largest absolute Gasteiger partial charge is 0.474 e. The number of amides is 1. The number of nitrogens with one attached hydrogen (secondary N) is 1. The van der Waals surface area contributed by atoms with E-state index in [1.165, 1.54) is 18.5 Å². The molecule has 2 aliphatic carbocycles. The highest BCUT2D eigenvalue weighted by molar-refractivity contribution is 5.94. The van der Waals surface area contributed by atoms with Crippen LogP contribution < -0.4 is 10.1 Å². The van der Waals surface area contributed by atoms with Gasteiger partial charge in [0.1, 0.15) is 18.2 Å². The van der Waals surface area contributed by atoms with Gasteiger partial charge in [-0.05, 0) is 73.9 Å². The third-order valence-corrected chi connectivity index (χ3v) is 6.52. The fourth-order valence-corrected chi connectivity index (χ4v) is 5.02. The lowest BCUT2D eigenvalue weighted by atomic mass is 10.0. The number of aromatic nitrogens is 2. The summed E-state index contributed by atoms with van der Waals surface area (Å²) in [4.78, 5) is 20.9. The quantitative estimate of drug-likeness (QED) is 0.682. The number of hydrogen-bond acceptors (Lipinski definition) is 5. The summed E-state index contributed by atoms with van der Waals surface area (Å²) in [6, 6.07) is 13.2. The minimum atomic E-state index is -0.334. The van der Waals surface area contributed by atoms with E-state index in [1.807, 2.05) is 6.92 Å². The summed E-state index contributed by atoms with van der Waals surface area (Å²) in [5.41, 5.74) is 1.63. The molecule has 2 aliphatic rings. The van der Waals surface area contributed by atoms with Crippen molar-refractivity contribution in [3.05, 3.63) is 65.7 Å². The molecule has 7 heteroatoms. The molecular formula is C24H21FN4O2. The van der Waals surface area contributed by atoms with Crippen LogP contribution in [0.3, 0.4) is 0 Å². The summed E-state index contributed by atoms with van der Waals surface area (Å²) >= 11 is 0. The number of nitriles is 1. The third-order valence-electron chi connectivity index (χ3n) is 6.52. The molecule has 6 nitrogen and oxygen atoms in total. The van der Waals surface area contributed by atoms with E-state index in [9.17, 15) is 9.18 Å². The van der Waals surface area contributed by atoms with Gasteiger partial charge >= 0.3 is 0 Å². The molecule has 31 heavy (non-hydrogen) atoms. The zero-order valence-corrected chi connectivity index (χ0v) is 17.0. The van der Waals surface area contributed by atoms with E-state index in [0.717, 1.165) is 12.8 Å². The average molecular weight is 416 g/mol. The summed E-state index contributed by atoms with van der Waals surface area (Å²) in [5, 5.41) is 12.7. The average Bonchev–Trinajstić information content (AvgIpc) is 3.29. The molecule has 156 valence electrons. The Balaban J connectivity index is 1.18. The van der Waals surface area contributed by atoms with Crippen molar-refractivity contribution in [1.82, 2.24) is 15.3 Å². The Morgan fingerprint density at radius 2 is 1.94 bits per heavy atom. The Bertz CT molecular complexity index is 1180. The van der Waals surface area contributed by atoms with Gasteiger partial charge in [-0.2, -0.15) is 5.26 Å². The van der Waals surface area contributed by atoms with Gasteiger partial charge < -0.3 is 10.1 Å². The number of hydrogen-bond donors (Lipinski definition) is 1. The maximum atomic E-state index is 13.4. The first-order valence-electron chi connectivity index (χ1n) is 10.4. The Morgan fingerprint density at radius 1 is 1.19 bits per heavy atom. The van der Waals surface area contributed by atoms with Gasteiger partial charge in [-0.3, -0.25) is 4.79 Å². The van der Waals surface area contributed by atoms with Crippen LogP contribution >= 0.6 is 0 Å². The predicted molar refractivity (Wildman–Crippen MR) is 112 cm³/mol. The van der Waals surface area contributed by atoms with Crippen LogP contribution in [0.5, 0.6) is 5.88 Å². The van der Waals surface area contributed by atoms with E-state index in [2.05, 4.69) is 21.4 Å². The first-order chi connectivity index (χ1) is 15.0. The molecule has 0 aliphatic heterocycles. The maximum absolute atomic E-state index is 13.4. The topological polar surface area (TPSA) is 87.9 Å². The second-order valence-electron chi connectivity index (χ2n) is 8.41. The van der Waals surface area contributed by atoms with Crippen molar-refractivity contribution >= 4 is 16.8 Å². The van der Waals surface area contributed by atoms with Crippen LogP contribution in [-0.2, 0) is 0 Å². The normalized spacial score (nSPS) is 24.8. The lowest BCUT2D eigenvalue weighted by Crippen LogP contribution is -2.36. The van der Waals surface area contributed by atoms with E-state index < -0.39 is 0 Å². The monoisotopic (exact) mass is 416 g/mol. The Labute approximate surface area is 179 Å². The van der Waals surface area contributed by atoms with Crippen molar-refractivity contribution in [2.45, 2.75) is 31.9 Å². The number of halogens is 1. The predicted octanol–water partition coefficient (Wildman–Crippen LogP) is 3.86. The van der Waals surface area contributed by atoms with E-state index in [-0.39, 0.29) is 23.9 Å². The van der Waals surface area contributed by atoms with Crippen molar-refractivity contribution in [3.63, 3.8) is 0 Å². The van der Waals surface area contributed by atoms with Crippen molar-refractivity contribution in [3.8, 4) is 11.9 Å². The highest BCUT2D eigenvalue weighted by Gasteiger charge is 2.58. The maximum Gasteiger partial charge on any atom is 0.251 e. The smallest absolute Gasteiger partial charge is 0.251 e. The van der Waals surface area contributed by atoms with Gasteiger partial charge in [0.2, 0.25) is 5.88 Å². The summed E-state index contributed by atoms with van der Waals surface area (Å²) in [6.07, 6.45) is 3.30. The first kappa shape index (κ1) is 19.4. The van der Waals surface area contributed by atoms with Gasteiger partial charge in [-0.25, -0.2) is 14.4 Å². The molecule has 5 rings (SSSR count). The molecule has 2 aromatic carbocycles. The summed E-state index contributed by atoms with van der Waals surface area (Å²) < 4.78 is 19.6. The second kappa shape index (κ2) is 7.62. The van der Waals surface area contributed by atoms with Gasteiger partial charge in [0, 0.05) is 17.7 Å². The number of rotatable bonds is 5. The van der Waals surface area contributed by atoms with Crippen LogP contribution in [0, 0.1) is 34.9 Å². The van der Waals surface area contributed by atoms with Gasteiger partial charge in [-0.15, -0.1) is 0 Å². The summed E-state index contributed by atoms with van der Waals surface area (Å²) in [7, 11) is 0. The van der Waals surface area contributed by atoms with Crippen LogP contribution in [0.2, 0.25) is 0 Å². The Hall–Kier alpha value is -3.53. The minimum absolute atomic E-state index is 0.0656. The number of carbonyl (C=O) groups excluding carboxylic acids is 1. The highest BCUT2D eigenvalue weighted by atomic mass is 19.1. The number of benzene rings is 2. The third kappa shape index (κ3) is 3.70. The Morgan fingerprint density at radius 3 is 2.65 bits per heavy atom. The van der Waals surface area contributed by atoms with Gasteiger partial charge in [0.15, 0.2) is 0 Å². The van der Waals surface area contributed by atoms with Gasteiger partial charge in [0.25, 0.3) is 5.91 Å². The van der Waals surface area contributed by atoms with Crippen LogP contribution in [-0.4, -0.2) is 28.0 Å². The molecule has 0 radical (unpaired) electrons.